The fraction of sp³-hybridized carbons (Fsp3) is 0.0435. The third-order valence-electron chi connectivity index (χ3n) is 4.28. The number of hydrogen-bond donors (Lipinski definition) is 0. The molecule has 0 unspecified atom stereocenters. The van der Waals surface area contributed by atoms with Crippen LogP contribution >= 0.6 is 11.8 Å². The molecule has 140 valence electrons. The van der Waals surface area contributed by atoms with Crippen molar-refractivity contribution < 1.29 is 9.21 Å². The molecule has 0 saturated carbocycles. The van der Waals surface area contributed by atoms with E-state index in [4.69, 9.17) is 4.42 Å². The number of Topliss-reactive ketones (excluding diaryl/α,β-unsaturated/α-hetero) is 1. The van der Waals surface area contributed by atoms with Crippen molar-refractivity contribution in [2.75, 3.05) is 5.75 Å². The standard InChI is InChI=1S/C23H15N3O2S/c24-13-19-18(22-9-5-11-28-22)12-20(17-8-4-10-25-14-17)26-23(19)29-15-21(27)16-6-2-1-3-7-16/h1-12,14H,15H2. The van der Waals surface area contributed by atoms with Gasteiger partial charge in [-0.15, -0.1) is 0 Å². The summed E-state index contributed by atoms with van der Waals surface area (Å²) in [7, 11) is 0. The number of ketones is 1. The Morgan fingerprint density at radius 2 is 1.97 bits per heavy atom. The zero-order valence-electron chi connectivity index (χ0n) is 15.3. The van der Waals surface area contributed by atoms with Gasteiger partial charge in [-0.25, -0.2) is 4.98 Å². The van der Waals surface area contributed by atoms with Gasteiger partial charge in [0.25, 0.3) is 0 Å². The van der Waals surface area contributed by atoms with Crippen LogP contribution in [0, 0.1) is 11.3 Å². The fourth-order valence-corrected chi connectivity index (χ4v) is 3.76. The van der Waals surface area contributed by atoms with Gasteiger partial charge in [-0.05, 0) is 30.3 Å². The van der Waals surface area contributed by atoms with Crippen LogP contribution in [0.4, 0.5) is 0 Å². The summed E-state index contributed by atoms with van der Waals surface area (Å²) in [6, 6.07) is 20.4. The predicted octanol–water partition coefficient (Wildman–Crippen LogP) is 5.25. The summed E-state index contributed by atoms with van der Waals surface area (Å²) in [5.74, 6) is 0.734. The summed E-state index contributed by atoms with van der Waals surface area (Å²) in [5.41, 5.74) is 3.15. The number of benzene rings is 1. The van der Waals surface area contributed by atoms with E-state index in [1.165, 1.54) is 11.8 Å². The van der Waals surface area contributed by atoms with E-state index in [-0.39, 0.29) is 11.5 Å². The molecule has 1 aromatic carbocycles. The van der Waals surface area contributed by atoms with Crippen molar-refractivity contribution in [3.8, 4) is 28.7 Å². The Morgan fingerprint density at radius 1 is 1.10 bits per heavy atom. The minimum atomic E-state index is -0.0207. The van der Waals surface area contributed by atoms with E-state index in [1.54, 1.807) is 42.9 Å². The Morgan fingerprint density at radius 3 is 2.66 bits per heavy atom. The number of rotatable bonds is 6. The first-order valence-electron chi connectivity index (χ1n) is 8.86. The Labute approximate surface area is 172 Å². The first-order chi connectivity index (χ1) is 14.3. The highest BCUT2D eigenvalue weighted by Crippen LogP contribution is 2.34. The zero-order valence-corrected chi connectivity index (χ0v) is 16.1. The molecular weight excluding hydrogens is 382 g/mol. The second kappa shape index (κ2) is 8.55. The number of carbonyl (C=O) groups is 1. The lowest BCUT2D eigenvalue weighted by Crippen LogP contribution is -2.03. The quantitative estimate of drug-likeness (QED) is 0.326. The number of furan rings is 1. The molecule has 29 heavy (non-hydrogen) atoms. The van der Waals surface area contributed by atoms with Crippen molar-refractivity contribution in [1.29, 1.82) is 5.26 Å². The maximum absolute atomic E-state index is 12.5. The van der Waals surface area contributed by atoms with Crippen molar-refractivity contribution in [3.63, 3.8) is 0 Å². The molecule has 0 saturated heterocycles. The Kier molecular flexibility index (Phi) is 5.50. The maximum Gasteiger partial charge on any atom is 0.173 e. The van der Waals surface area contributed by atoms with Gasteiger partial charge in [-0.3, -0.25) is 9.78 Å². The molecule has 4 rings (SSSR count). The Balaban J connectivity index is 1.74. The average Bonchev–Trinajstić information content (AvgIpc) is 3.33. The van der Waals surface area contributed by atoms with Gasteiger partial charge in [0.1, 0.15) is 16.9 Å². The molecule has 5 nitrogen and oxygen atoms in total. The first kappa shape index (κ1) is 18.7. The van der Waals surface area contributed by atoms with E-state index >= 15 is 0 Å². The summed E-state index contributed by atoms with van der Waals surface area (Å²) in [5, 5.41) is 10.3. The summed E-state index contributed by atoms with van der Waals surface area (Å²) in [6.45, 7) is 0. The largest absolute Gasteiger partial charge is 0.464 e. The molecule has 0 aliphatic heterocycles. The number of hydrogen-bond acceptors (Lipinski definition) is 6. The molecule has 0 spiro atoms. The molecule has 3 aromatic heterocycles. The van der Waals surface area contributed by atoms with Gasteiger partial charge < -0.3 is 4.42 Å². The molecule has 4 aromatic rings. The second-order valence-corrected chi connectivity index (χ2v) is 7.11. The van der Waals surface area contributed by atoms with E-state index < -0.39 is 0 Å². The van der Waals surface area contributed by atoms with E-state index in [0.717, 1.165) is 5.56 Å². The van der Waals surface area contributed by atoms with Gasteiger partial charge in [0.2, 0.25) is 0 Å². The van der Waals surface area contributed by atoms with Gasteiger partial charge in [-0.1, -0.05) is 42.1 Å². The van der Waals surface area contributed by atoms with Crippen LogP contribution in [-0.4, -0.2) is 21.5 Å². The topological polar surface area (TPSA) is 79.8 Å². The molecule has 0 radical (unpaired) electrons. The van der Waals surface area contributed by atoms with Gasteiger partial charge in [-0.2, -0.15) is 5.26 Å². The molecule has 0 aliphatic carbocycles. The maximum atomic E-state index is 12.5. The molecular formula is C23H15N3O2S. The van der Waals surface area contributed by atoms with E-state index in [2.05, 4.69) is 16.0 Å². The molecule has 3 heterocycles. The first-order valence-corrected chi connectivity index (χ1v) is 9.85. The monoisotopic (exact) mass is 397 g/mol. The Hall–Kier alpha value is -3.69. The van der Waals surface area contributed by atoms with Crippen LogP contribution in [0.3, 0.4) is 0 Å². The van der Waals surface area contributed by atoms with Crippen LogP contribution in [0.25, 0.3) is 22.6 Å². The summed E-state index contributed by atoms with van der Waals surface area (Å²) in [4.78, 5) is 21.3. The number of nitriles is 1. The number of pyridine rings is 2. The average molecular weight is 397 g/mol. The molecule has 0 N–H and O–H groups in total. The minimum Gasteiger partial charge on any atom is -0.464 e. The van der Waals surface area contributed by atoms with Gasteiger partial charge in [0, 0.05) is 29.1 Å². The second-order valence-electron chi connectivity index (χ2n) is 6.14. The third kappa shape index (κ3) is 4.10. The van der Waals surface area contributed by atoms with Crippen LogP contribution in [0.5, 0.6) is 0 Å². The van der Waals surface area contributed by atoms with Gasteiger partial charge >= 0.3 is 0 Å². The zero-order chi connectivity index (χ0) is 20.1. The van der Waals surface area contributed by atoms with Crippen molar-refractivity contribution in [1.82, 2.24) is 9.97 Å². The van der Waals surface area contributed by atoms with Crippen molar-refractivity contribution >= 4 is 17.5 Å². The van der Waals surface area contributed by atoms with Crippen molar-refractivity contribution in [2.24, 2.45) is 0 Å². The molecule has 0 atom stereocenters. The lowest BCUT2D eigenvalue weighted by molar-refractivity contribution is 0.102. The van der Waals surface area contributed by atoms with Crippen LogP contribution in [0.15, 0.2) is 88.8 Å². The number of carbonyl (C=O) groups excluding carboxylic acids is 1. The third-order valence-corrected chi connectivity index (χ3v) is 5.25. The van der Waals surface area contributed by atoms with Crippen LogP contribution in [-0.2, 0) is 0 Å². The number of nitrogens with zero attached hydrogens (tertiary/aromatic N) is 3. The molecule has 0 amide bonds. The number of aromatic nitrogens is 2. The smallest absolute Gasteiger partial charge is 0.173 e. The highest BCUT2D eigenvalue weighted by atomic mass is 32.2. The highest BCUT2D eigenvalue weighted by molar-refractivity contribution is 8.00. The SMILES string of the molecule is N#Cc1c(-c2ccco2)cc(-c2cccnc2)nc1SCC(=O)c1ccccc1. The van der Waals surface area contributed by atoms with Crippen molar-refractivity contribution in [2.45, 2.75) is 5.03 Å². The summed E-state index contributed by atoms with van der Waals surface area (Å²) in [6.07, 6.45) is 4.96. The molecule has 0 fully saturated rings. The van der Waals surface area contributed by atoms with Crippen molar-refractivity contribution in [3.05, 3.63) is 90.4 Å². The fourth-order valence-electron chi connectivity index (χ4n) is 2.86. The highest BCUT2D eigenvalue weighted by Gasteiger charge is 2.18. The van der Waals surface area contributed by atoms with Crippen LogP contribution in [0.2, 0.25) is 0 Å². The van der Waals surface area contributed by atoms with Gasteiger partial charge in [0.15, 0.2) is 5.78 Å². The molecule has 0 bridgehead atoms. The molecule has 0 aliphatic rings. The Bertz CT molecular complexity index is 1170. The van der Waals surface area contributed by atoms with Gasteiger partial charge in [0.05, 0.1) is 23.3 Å². The summed E-state index contributed by atoms with van der Waals surface area (Å²) < 4.78 is 5.53. The minimum absolute atomic E-state index is 0.0207. The van der Waals surface area contributed by atoms with Crippen LogP contribution < -0.4 is 0 Å². The predicted molar refractivity (Wildman–Crippen MR) is 111 cm³/mol. The lowest BCUT2D eigenvalue weighted by atomic mass is 10.0. The lowest BCUT2D eigenvalue weighted by Gasteiger charge is -2.10. The van der Waals surface area contributed by atoms with E-state index in [9.17, 15) is 10.1 Å². The van der Waals surface area contributed by atoms with E-state index in [0.29, 0.717) is 33.2 Å². The molecule has 6 heteroatoms. The van der Waals surface area contributed by atoms with E-state index in [1.807, 2.05) is 36.4 Å². The normalized spacial score (nSPS) is 10.4. The van der Waals surface area contributed by atoms with Crippen LogP contribution in [0.1, 0.15) is 15.9 Å². The summed E-state index contributed by atoms with van der Waals surface area (Å²) >= 11 is 1.25. The number of thioether (sulfide) groups is 1.